The Balaban J connectivity index is 1.80. The van der Waals surface area contributed by atoms with Crippen molar-refractivity contribution >= 4 is 21.8 Å². The summed E-state index contributed by atoms with van der Waals surface area (Å²) in [6.07, 6.45) is 1.47. The van der Waals surface area contributed by atoms with Crippen LogP contribution in [0.3, 0.4) is 0 Å². The van der Waals surface area contributed by atoms with Crippen molar-refractivity contribution in [1.29, 1.82) is 0 Å². The van der Waals surface area contributed by atoms with Crippen molar-refractivity contribution in [2.24, 2.45) is 0 Å². The van der Waals surface area contributed by atoms with Crippen LogP contribution >= 0.6 is 0 Å². The molecule has 1 heterocycles. The molecule has 0 radical (unpaired) electrons. The molecule has 2 rings (SSSR count). The summed E-state index contributed by atoms with van der Waals surface area (Å²) in [6.45, 7) is -0.601. The normalized spacial score (nSPS) is 11.3. The van der Waals surface area contributed by atoms with Gasteiger partial charge in [-0.1, -0.05) is 0 Å². The number of hydrogen-bond acceptors (Lipinski definition) is 5. The summed E-state index contributed by atoms with van der Waals surface area (Å²) >= 11 is 0. The van der Waals surface area contributed by atoms with Crippen molar-refractivity contribution in [3.05, 3.63) is 54.2 Å². The van der Waals surface area contributed by atoms with E-state index < -0.39 is 34.2 Å². The predicted octanol–water partition coefficient (Wildman–Crippen LogP) is 0.472. The molecule has 140 valence electrons. The molecule has 0 unspecified atom stereocenters. The van der Waals surface area contributed by atoms with E-state index in [4.69, 9.17) is 4.42 Å². The van der Waals surface area contributed by atoms with Gasteiger partial charge in [0.2, 0.25) is 21.8 Å². The van der Waals surface area contributed by atoms with Gasteiger partial charge in [-0.15, -0.1) is 0 Å². The van der Waals surface area contributed by atoms with E-state index >= 15 is 0 Å². The number of amides is 2. The van der Waals surface area contributed by atoms with Crippen LogP contribution in [0, 0.1) is 5.82 Å². The summed E-state index contributed by atoms with van der Waals surface area (Å²) in [6, 6.07) is 7.63. The molecule has 0 spiro atoms. The monoisotopic (exact) mass is 383 g/mol. The van der Waals surface area contributed by atoms with Crippen LogP contribution in [-0.4, -0.2) is 44.7 Å². The number of halogens is 1. The number of likely N-dealkylation sites (N-methyl/N-ethyl adjacent to an activating group) is 1. The topological polar surface area (TPSA) is 109 Å². The Morgan fingerprint density at radius 1 is 1.12 bits per heavy atom. The SMILES string of the molecule is CN(CC(=O)NCC(=O)NCc1ccco1)S(=O)(=O)c1ccc(F)cc1. The maximum absolute atomic E-state index is 12.9. The standard InChI is InChI=1S/C16H18FN3O5S/c1-20(26(23,24)14-6-4-12(17)5-7-14)11-16(22)19-10-15(21)18-9-13-3-2-8-25-13/h2-8H,9-11H2,1H3,(H,18,21)(H,19,22). The lowest BCUT2D eigenvalue weighted by Gasteiger charge is -2.16. The Bertz CT molecular complexity index is 851. The Kier molecular flexibility index (Phi) is 6.47. The highest BCUT2D eigenvalue weighted by atomic mass is 32.2. The zero-order valence-electron chi connectivity index (χ0n) is 13.9. The van der Waals surface area contributed by atoms with Crippen LogP contribution in [0.2, 0.25) is 0 Å². The van der Waals surface area contributed by atoms with Gasteiger partial charge < -0.3 is 15.1 Å². The highest BCUT2D eigenvalue weighted by Crippen LogP contribution is 2.14. The van der Waals surface area contributed by atoms with Gasteiger partial charge in [0, 0.05) is 7.05 Å². The average molecular weight is 383 g/mol. The first-order valence-electron chi connectivity index (χ1n) is 7.57. The minimum absolute atomic E-state index is 0.134. The quantitative estimate of drug-likeness (QED) is 0.689. The zero-order valence-corrected chi connectivity index (χ0v) is 14.8. The van der Waals surface area contributed by atoms with E-state index in [0.717, 1.165) is 28.6 Å². The van der Waals surface area contributed by atoms with Crippen molar-refractivity contribution in [3.8, 4) is 0 Å². The second kappa shape index (κ2) is 8.59. The lowest BCUT2D eigenvalue weighted by Crippen LogP contribution is -2.42. The number of rotatable bonds is 8. The zero-order chi connectivity index (χ0) is 19.2. The number of sulfonamides is 1. The molecular weight excluding hydrogens is 365 g/mol. The largest absolute Gasteiger partial charge is 0.467 e. The van der Waals surface area contributed by atoms with Crippen LogP contribution in [0.1, 0.15) is 5.76 Å². The minimum Gasteiger partial charge on any atom is -0.467 e. The van der Waals surface area contributed by atoms with Gasteiger partial charge in [0.15, 0.2) is 0 Å². The highest BCUT2D eigenvalue weighted by molar-refractivity contribution is 7.89. The summed E-state index contributed by atoms with van der Waals surface area (Å²) < 4.78 is 43.3. The molecule has 10 heteroatoms. The van der Waals surface area contributed by atoms with Gasteiger partial charge in [-0.05, 0) is 36.4 Å². The Morgan fingerprint density at radius 3 is 2.42 bits per heavy atom. The second-order valence-electron chi connectivity index (χ2n) is 5.35. The molecule has 1 aromatic heterocycles. The van der Waals surface area contributed by atoms with Crippen LogP contribution in [0.15, 0.2) is 52.0 Å². The minimum atomic E-state index is -3.94. The summed E-state index contributed by atoms with van der Waals surface area (Å²) in [5, 5.41) is 4.87. The molecule has 0 bridgehead atoms. The molecule has 0 saturated carbocycles. The fourth-order valence-corrected chi connectivity index (χ4v) is 3.10. The van der Waals surface area contributed by atoms with Crippen LogP contribution in [0.5, 0.6) is 0 Å². The summed E-state index contributed by atoms with van der Waals surface area (Å²) in [5.74, 6) is -1.09. The summed E-state index contributed by atoms with van der Waals surface area (Å²) in [4.78, 5) is 23.4. The van der Waals surface area contributed by atoms with Crippen molar-refractivity contribution in [2.45, 2.75) is 11.4 Å². The molecule has 0 saturated heterocycles. The smallest absolute Gasteiger partial charge is 0.243 e. The molecule has 8 nitrogen and oxygen atoms in total. The van der Waals surface area contributed by atoms with Crippen LogP contribution in [0.4, 0.5) is 4.39 Å². The van der Waals surface area contributed by atoms with Crippen molar-refractivity contribution in [2.75, 3.05) is 20.1 Å². The first-order valence-corrected chi connectivity index (χ1v) is 9.01. The number of benzene rings is 1. The maximum Gasteiger partial charge on any atom is 0.243 e. The number of nitrogens with one attached hydrogen (secondary N) is 2. The first-order chi connectivity index (χ1) is 12.3. The highest BCUT2D eigenvalue weighted by Gasteiger charge is 2.23. The van der Waals surface area contributed by atoms with E-state index in [2.05, 4.69) is 10.6 Å². The molecule has 26 heavy (non-hydrogen) atoms. The van der Waals surface area contributed by atoms with Crippen molar-refractivity contribution in [1.82, 2.24) is 14.9 Å². The van der Waals surface area contributed by atoms with Gasteiger partial charge in [0.1, 0.15) is 11.6 Å². The third kappa shape index (κ3) is 5.39. The Morgan fingerprint density at radius 2 is 1.81 bits per heavy atom. The number of furan rings is 1. The summed E-state index contributed by atoms with van der Waals surface area (Å²) in [5.41, 5.74) is 0. The predicted molar refractivity (Wildman–Crippen MR) is 89.8 cm³/mol. The fourth-order valence-electron chi connectivity index (χ4n) is 1.97. The third-order valence-electron chi connectivity index (χ3n) is 3.37. The van der Waals surface area contributed by atoms with Gasteiger partial charge >= 0.3 is 0 Å². The van der Waals surface area contributed by atoms with E-state index in [-0.39, 0.29) is 18.0 Å². The Hall–Kier alpha value is -2.72. The maximum atomic E-state index is 12.9. The number of hydrogen-bond donors (Lipinski definition) is 2. The molecule has 0 aliphatic rings. The van der Waals surface area contributed by atoms with E-state index in [9.17, 15) is 22.4 Å². The van der Waals surface area contributed by atoms with Crippen molar-refractivity contribution < 1.29 is 26.8 Å². The number of carbonyl (C=O) groups is 2. The molecule has 2 N–H and O–H groups in total. The van der Waals surface area contributed by atoms with Crippen LogP contribution in [0.25, 0.3) is 0 Å². The molecule has 2 aromatic rings. The van der Waals surface area contributed by atoms with E-state index in [1.807, 2.05) is 0 Å². The number of nitrogens with zero attached hydrogens (tertiary/aromatic N) is 1. The molecular formula is C16H18FN3O5S. The molecule has 2 amide bonds. The van der Waals surface area contributed by atoms with Gasteiger partial charge in [-0.2, -0.15) is 4.31 Å². The van der Waals surface area contributed by atoms with E-state index in [1.54, 1.807) is 12.1 Å². The fraction of sp³-hybridized carbons (Fsp3) is 0.250. The molecule has 0 atom stereocenters. The lowest BCUT2D eigenvalue weighted by molar-refractivity contribution is -0.126. The average Bonchev–Trinajstić information content (AvgIpc) is 3.12. The van der Waals surface area contributed by atoms with Gasteiger partial charge in [-0.25, -0.2) is 12.8 Å². The van der Waals surface area contributed by atoms with E-state index in [1.165, 1.54) is 13.3 Å². The molecule has 0 aliphatic carbocycles. The lowest BCUT2D eigenvalue weighted by atomic mass is 10.4. The van der Waals surface area contributed by atoms with Crippen molar-refractivity contribution in [3.63, 3.8) is 0 Å². The molecule has 0 aliphatic heterocycles. The molecule has 1 aromatic carbocycles. The van der Waals surface area contributed by atoms with Gasteiger partial charge in [-0.3, -0.25) is 9.59 Å². The van der Waals surface area contributed by atoms with Gasteiger partial charge in [0.25, 0.3) is 0 Å². The van der Waals surface area contributed by atoms with Crippen LogP contribution < -0.4 is 10.6 Å². The first kappa shape index (κ1) is 19.6. The van der Waals surface area contributed by atoms with Crippen LogP contribution in [-0.2, 0) is 26.2 Å². The summed E-state index contributed by atoms with van der Waals surface area (Å²) in [7, 11) is -2.72. The van der Waals surface area contributed by atoms with E-state index in [0.29, 0.717) is 5.76 Å². The number of carbonyl (C=O) groups excluding carboxylic acids is 2. The second-order valence-corrected chi connectivity index (χ2v) is 7.39. The third-order valence-corrected chi connectivity index (χ3v) is 5.19. The Labute approximate surface area is 150 Å². The van der Waals surface area contributed by atoms with Gasteiger partial charge in [0.05, 0.1) is 30.8 Å². The molecule has 0 fully saturated rings.